The van der Waals surface area contributed by atoms with E-state index in [9.17, 15) is 13.2 Å². The zero-order valence-corrected chi connectivity index (χ0v) is 21.7. The summed E-state index contributed by atoms with van der Waals surface area (Å²) in [7, 11) is -5.80. The van der Waals surface area contributed by atoms with Gasteiger partial charge < -0.3 is 4.43 Å². The van der Waals surface area contributed by atoms with E-state index >= 15 is 0 Å². The number of Topliss-reactive ketones (excluding diaryl/α,β-unsaturated/α-hetero) is 1. The molecule has 0 aliphatic heterocycles. The number of benzene rings is 2. The molecular weight excluding hydrogens is 438 g/mol. The fourth-order valence-corrected chi connectivity index (χ4v) is 5.82. The third-order valence-corrected chi connectivity index (χ3v) is 12.8. The second-order valence-corrected chi connectivity index (χ2v) is 16.9. The molecule has 0 aromatic heterocycles. The Morgan fingerprint density at radius 3 is 2.25 bits per heavy atom. The molecule has 2 unspecified atom stereocenters. The Balaban J connectivity index is 1.80. The van der Waals surface area contributed by atoms with Crippen molar-refractivity contribution in [1.29, 1.82) is 0 Å². The summed E-state index contributed by atoms with van der Waals surface area (Å²) < 4.78 is 35.5. The Morgan fingerprint density at radius 1 is 1.09 bits per heavy atom. The van der Waals surface area contributed by atoms with Gasteiger partial charge in [-0.2, -0.15) is 0 Å². The van der Waals surface area contributed by atoms with E-state index in [4.69, 9.17) is 4.43 Å². The molecule has 0 saturated heterocycles. The van der Waals surface area contributed by atoms with Gasteiger partial charge in [-0.1, -0.05) is 68.8 Å². The Morgan fingerprint density at radius 2 is 1.69 bits per heavy atom. The molecule has 1 fully saturated rings. The second-order valence-electron chi connectivity index (χ2n) is 10.3. The molecule has 1 aliphatic rings. The molecule has 1 N–H and O–H groups in total. The van der Waals surface area contributed by atoms with E-state index < -0.39 is 24.4 Å². The van der Waals surface area contributed by atoms with Gasteiger partial charge in [0.25, 0.3) is 0 Å². The highest BCUT2D eigenvalue weighted by molar-refractivity contribution is 7.89. The lowest BCUT2D eigenvalue weighted by molar-refractivity contribution is 0.0955. The summed E-state index contributed by atoms with van der Waals surface area (Å²) in [6.45, 7) is 13.0. The van der Waals surface area contributed by atoms with Gasteiger partial charge in [-0.15, -0.1) is 0 Å². The lowest BCUT2D eigenvalue weighted by atomic mass is 10.0. The van der Waals surface area contributed by atoms with Gasteiger partial charge in [-0.3, -0.25) is 4.79 Å². The number of carbonyl (C=O) groups is 1. The molecule has 32 heavy (non-hydrogen) atoms. The van der Waals surface area contributed by atoms with E-state index in [1.165, 1.54) is 0 Å². The first kappa shape index (κ1) is 24.8. The molecule has 7 heteroatoms. The standard InChI is InChI=1S/C25H35NO4SSi/c1-18-12-14-20(15-13-18)31(28,29)26-23(17-30-32(5,6)25(2,3)4)21-16-22(21)24(27)19-10-8-7-9-11-19/h7-15,21-23,26H,16-17H2,1-6H3/t21?,22?,23-/m1/s1. The number of ketones is 1. The van der Waals surface area contributed by atoms with Crippen LogP contribution < -0.4 is 4.72 Å². The number of nitrogens with one attached hydrogen (secondary N) is 1. The minimum atomic E-state index is -3.72. The van der Waals surface area contributed by atoms with Crippen molar-refractivity contribution in [3.63, 3.8) is 0 Å². The molecule has 1 saturated carbocycles. The highest BCUT2D eigenvalue weighted by Gasteiger charge is 2.49. The number of rotatable bonds is 9. The monoisotopic (exact) mass is 473 g/mol. The lowest BCUT2D eigenvalue weighted by Crippen LogP contribution is -2.47. The SMILES string of the molecule is Cc1ccc(S(=O)(=O)N[C@H](CO[Si](C)(C)C(C)(C)C)C2CC2C(=O)c2ccccc2)cc1. The molecule has 174 valence electrons. The van der Waals surface area contributed by atoms with Crippen LogP contribution in [0.15, 0.2) is 59.5 Å². The number of sulfonamides is 1. The maximum Gasteiger partial charge on any atom is 0.240 e. The molecule has 1 aliphatic carbocycles. The van der Waals surface area contributed by atoms with Crippen LogP contribution in [-0.4, -0.2) is 35.2 Å². The van der Waals surface area contributed by atoms with Gasteiger partial charge in [0.1, 0.15) is 0 Å². The van der Waals surface area contributed by atoms with Crippen LogP contribution in [-0.2, 0) is 14.4 Å². The van der Waals surface area contributed by atoms with E-state index in [0.29, 0.717) is 12.0 Å². The van der Waals surface area contributed by atoms with E-state index in [2.05, 4.69) is 38.6 Å². The van der Waals surface area contributed by atoms with Crippen molar-refractivity contribution in [2.45, 2.75) is 63.2 Å². The third kappa shape index (κ3) is 5.76. The molecule has 3 atom stereocenters. The maximum absolute atomic E-state index is 13.1. The van der Waals surface area contributed by atoms with Crippen molar-refractivity contribution in [3.8, 4) is 0 Å². The van der Waals surface area contributed by atoms with Gasteiger partial charge in [0.15, 0.2) is 14.1 Å². The summed E-state index contributed by atoms with van der Waals surface area (Å²) in [6, 6.07) is 15.6. The van der Waals surface area contributed by atoms with Crippen LogP contribution >= 0.6 is 0 Å². The molecule has 3 rings (SSSR count). The zero-order chi connectivity index (χ0) is 23.7. The Kier molecular flexibility index (Phi) is 7.15. The summed E-state index contributed by atoms with van der Waals surface area (Å²) in [4.78, 5) is 13.2. The van der Waals surface area contributed by atoms with Crippen LogP contribution in [0.3, 0.4) is 0 Å². The largest absolute Gasteiger partial charge is 0.415 e. The summed E-state index contributed by atoms with van der Waals surface area (Å²) >= 11 is 0. The fourth-order valence-electron chi connectivity index (χ4n) is 3.52. The van der Waals surface area contributed by atoms with Crippen molar-refractivity contribution in [1.82, 2.24) is 4.72 Å². The van der Waals surface area contributed by atoms with Crippen LogP contribution in [0.2, 0.25) is 18.1 Å². The average molecular weight is 474 g/mol. The predicted molar refractivity (Wildman–Crippen MR) is 131 cm³/mol. The summed E-state index contributed by atoms with van der Waals surface area (Å²) in [6.07, 6.45) is 0.662. The number of aryl methyl sites for hydroxylation is 1. The molecular formula is C25H35NO4SSi. The van der Waals surface area contributed by atoms with Gasteiger partial charge >= 0.3 is 0 Å². The Bertz CT molecular complexity index is 1040. The molecule has 2 aromatic rings. The minimum Gasteiger partial charge on any atom is -0.415 e. The first-order valence-electron chi connectivity index (χ1n) is 11.1. The molecule has 0 amide bonds. The van der Waals surface area contributed by atoms with Crippen molar-refractivity contribution >= 4 is 24.1 Å². The highest BCUT2D eigenvalue weighted by Crippen LogP contribution is 2.45. The molecule has 5 nitrogen and oxygen atoms in total. The quantitative estimate of drug-likeness (QED) is 0.402. The van der Waals surface area contributed by atoms with Crippen LogP contribution in [0.25, 0.3) is 0 Å². The van der Waals surface area contributed by atoms with Gasteiger partial charge in [0, 0.05) is 17.5 Å². The third-order valence-electron chi connectivity index (χ3n) is 6.82. The molecule has 0 radical (unpaired) electrons. The zero-order valence-electron chi connectivity index (χ0n) is 19.9. The number of hydrogen-bond donors (Lipinski definition) is 1. The lowest BCUT2D eigenvalue weighted by Gasteiger charge is -2.37. The summed E-state index contributed by atoms with van der Waals surface area (Å²) in [5, 5.41) is 0.0101. The van der Waals surface area contributed by atoms with E-state index in [1.807, 2.05) is 37.3 Å². The van der Waals surface area contributed by atoms with Crippen LogP contribution in [0, 0.1) is 18.8 Å². The van der Waals surface area contributed by atoms with Crippen molar-refractivity contribution in [2.24, 2.45) is 11.8 Å². The fraction of sp³-hybridized carbons (Fsp3) is 0.480. The van der Waals surface area contributed by atoms with E-state index in [-0.39, 0.29) is 34.2 Å². The van der Waals surface area contributed by atoms with Gasteiger partial charge in [-0.25, -0.2) is 13.1 Å². The van der Waals surface area contributed by atoms with Gasteiger partial charge in [0.2, 0.25) is 10.0 Å². The average Bonchev–Trinajstić information content (AvgIpc) is 3.51. The van der Waals surface area contributed by atoms with Crippen molar-refractivity contribution < 1.29 is 17.6 Å². The Hall–Kier alpha value is -1.80. The normalized spacial score (nSPS) is 20.1. The van der Waals surface area contributed by atoms with Crippen LogP contribution in [0.1, 0.15) is 43.1 Å². The molecule has 0 spiro atoms. The van der Waals surface area contributed by atoms with E-state index in [0.717, 1.165) is 5.56 Å². The van der Waals surface area contributed by atoms with Gasteiger partial charge in [0.05, 0.1) is 11.5 Å². The number of hydrogen-bond acceptors (Lipinski definition) is 4. The number of carbonyl (C=O) groups excluding carboxylic acids is 1. The maximum atomic E-state index is 13.1. The topological polar surface area (TPSA) is 72.5 Å². The van der Waals surface area contributed by atoms with Gasteiger partial charge in [-0.05, 0) is 49.5 Å². The molecule has 0 bridgehead atoms. The van der Waals surface area contributed by atoms with E-state index in [1.54, 1.807) is 24.3 Å². The summed E-state index contributed by atoms with van der Waals surface area (Å²) in [5.41, 5.74) is 1.67. The van der Waals surface area contributed by atoms with Crippen molar-refractivity contribution in [2.75, 3.05) is 6.61 Å². The first-order valence-corrected chi connectivity index (χ1v) is 15.5. The van der Waals surface area contributed by atoms with Crippen molar-refractivity contribution in [3.05, 3.63) is 65.7 Å². The first-order chi connectivity index (χ1) is 14.8. The molecule has 0 heterocycles. The minimum absolute atomic E-state index is 0.0101. The predicted octanol–water partition coefficient (Wildman–Crippen LogP) is 5.18. The molecule has 2 aromatic carbocycles. The van der Waals surface area contributed by atoms with Crippen LogP contribution in [0.5, 0.6) is 0 Å². The highest BCUT2D eigenvalue weighted by atomic mass is 32.2. The second kappa shape index (κ2) is 9.21. The van der Waals surface area contributed by atoms with Crippen LogP contribution in [0.4, 0.5) is 0 Å². The summed E-state index contributed by atoms with van der Waals surface area (Å²) in [5.74, 6) is -0.193. The Labute approximate surface area is 193 Å². The smallest absolute Gasteiger partial charge is 0.240 e.